The molecule has 1 atom stereocenters. The number of nitrogens with two attached hydrogens (primary N) is 1. The van der Waals surface area contributed by atoms with Gasteiger partial charge in [0.1, 0.15) is 9.71 Å². The summed E-state index contributed by atoms with van der Waals surface area (Å²) in [7, 11) is 1.84. The van der Waals surface area contributed by atoms with Crippen LogP contribution in [0.15, 0.2) is 0 Å². The van der Waals surface area contributed by atoms with Crippen LogP contribution in [0.5, 0.6) is 0 Å². The van der Waals surface area contributed by atoms with Gasteiger partial charge in [0, 0.05) is 13.6 Å². The van der Waals surface area contributed by atoms with E-state index >= 15 is 0 Å². The van der Waals surface area contributed by atoms with E-state index in [1.807, 2.05) is 14.0 Å². The Morgan fingerprint density at radius 3 is 2.90 bits per heavy atom. The quantitative estimate of drug-likeness (QED) is 0.727. The van der Waals surface area contributed by atoms with Gasteiger partial charge in [-0.15, -0.1) is 11.3 Å². The van der Waals surface area contributed by atoms with Crippen LogP contribution in [0, 0.1) is 6.92 Å². The van der Waals surface area contributed by atoms with E-state index in [0.29, 0.717) is 23.5 Å². The molecule has 6 nitrogen and oxygen atoms in total. The summed E-state index contributed by atoms with van der Waals surface area (Å²) in [5.41, 5.74) is 7.40. The number of hydrogen-bond donors (Lipinski definition) is 3. The molecule has 1 amide bonds. The zero-order valence-electron chi connectivity index (χ0n) is 11.9. The minimum Gasteiger partial charge on any atom is -0.397 e. The Hall–Kier alpha value is -1.60. The summed E-state index contributed by atoms with van der Waals surface area (Å²) in [4.78, 5) is 13.6. The van der Waals surface area contributed by atoms with Crippen molar-refractivity contribution in [1.82, 2.24) is 15.1 Å². The predicted octanol–water partition coefficient (Wildman–Crippen LogP) is 1.42. The van der Waals surface area contributed by atoms with Crippen molar-refractivity contribution in [2.45, 2.75) is 32.8 Å². The van der Waals surface area contributed by atoms with E-state index in [2.05, 4.69) is 10.4 Å². The number of rotatable bonds is 5. The maximum absolute atomic E-state index is 12.1. The fourth-order valence-electron chi connectivity index (χ4n) is 2.18. The predicted molar refractivity (Wildman–Crippen MR) is 81.0 cm³/mol. The van der Waals surface area contributed by atoms with Crippen LogP contribution in [0.2, 0.25) is 0 Å². The molecular weight excluding hydrogens is 276 g/mol. The van der Waals surface area contributed by atoms with Gasteiger partial charge in [-0.1, -0.05) is 0 Å². The molecule has 110 valence electrons. The van der Waals surface area contributed by atoms with Gasteiger partial charge in [0.25, 0.3) is 5.91 Å². The maximum Gasteiger partial charge on any atom is 0.263 e. The van der Waals surface area contributed by atoms with Gasteiger partial charge < -0.3 is 16.2 Å². The Balaban J connectivity index is 2.11. The van der Waals surface area contributed by atoms with Gasteiger partial charge in [-0.3, -0.25) is 9.48 Å². The molecule has 2 aromatic rings. The molecular formula is C13H20N4O2S. The normalized spacial score (nSPS) is 12.8. The van der Waals surface area contributed by atoms with E-state index in [1.165, 1.54) is 11.3 Å². The third-order valence-electron chi connectivity index (χ3n) is 3.17. The van der Waals surface area contributed by atoms with Gasteiger partial charge in [0.2, 0.25) is 0 Å². The molecule has 1 unspecified atom stereocenters. The molecule has 0 aliphatic rings. The molecule has 0 aliphatic carbocycles. The number of aliphatic hydroxyl groups is 1. The van der Waals surface area contributed by atoms with Gasteiger partial charge in [0.15, 0.2) is 0 Å². The number of aliphatic hydroxyl groups excluding tert-OH is 1. The highest BCUT2D eigenvalue weighted by Crippen LogP contribution is 2.35. The van der Waals surface area contributed by atoms with E-state index < -0.39 is 0 Å². The number of carbonyl (C=O) groups is 1. The highest BCUT2D eigenvalue weighted by atomic mass is 32.1. The number of nitrogen functional groups attached to an aromatic ring is 1. The van der Waals surface area contributed by atoms with Crippen LogP contribution >= 0.6 is 11.3 Å². The van der Waals surface area contributed by atoms with Gasteiger partial charge in [-0.25, -0.2) is 0 Å². The second-order valence-electron chi connectivity index (χ2n) is 4.98. The topological polar surface area (TPSA) is 93.2 Å². The van der Waals surface area contributed by atoms with Crippen LogP contribution < -0.4 is 11.1 Å². The number of nitrogens with zero attached hydrogens (tertiary/aromatic N) is 2. The largest absolute Gasteiger partial charge is 0.397 e. The average Bonchev–Trinajstić information content (AvgIpc) is 2.85. The molecule has 0 spiro atoms. The zero-order valence-corrected chi connectivity index (χ0v) is 12.8. The number of aromatic nitrogens is 2. The summed E-state index contributed by atoms with van der Waals surface area (Å²) in [6, 6.07) is 0. The monoisotopic (exact) mass is 296 g/mol. The van der Waals surface area contributed by atoms with Crippen molar-refractivity contribution < 1.29 is 9.90 Å². The number of hydrogen-bond acceptors (Lipinski definition) is 5. The molecule has 0 aliphatic heterocycles. The van der Waals surface area contributed by atoms with Crippen LogP contribution in [-0.2, 0) is 7.05 Å². The van der Waals surface area contributed by atoms with Crippen molar-refractivity contribution in [2.75, 3.05) is 12.3 Å². The molecule has 0 radical (unpaired) electrons. The number of carbonyl (C=O) groups excluding carboxylic acids is 1. The number of aryl methyl sites for hydroxylation is 2. The molecule has 0 saturated heterocycles. The number of anilines is 1. The molecule has 2 aromatic heterocycles. The SMILES string of the molecule is Cc1nn(C)c2sc(C(=O)NCCCC(C)O)c(N)c12. The molecule has 20 heavy (non-hydrogen) atoms. The summed E-state index contributed by atoms with van der Waals surface area (Å²) in [5, 5.41) is 17.2. The van der Waals surface area contributed by atoms with E-state index in [0.717, 1.165) is 22.3 Å². The summed E-state index contributed by atoms with van der Waals surface area (Å²) < 4.78 is 1.75. The summed E-state index contributed by atoms with van der Waals surface area (Å²) in [6.45, 7) is 4.16. The standard InChI is InChI=1S/C13H20N4O2S/c1-7(18)5-4-6-15-12(19)11-10(14)9-8(2)16-17(3)13(9)20-11/h7,18H,4-6,14H2,1-3H3,(H,15,19). The first-order valence-electron chi connectivity index (χ1n) is 6.59. The van der Waals surface area contributed by atoms with Crippen molar-refractivity contribution in [2.24, 2.45) is 7.05 Å². The van der Waals surface area contributed by atoms with Crippen LogP contribution in [0.3, 0.4) is 0 Å². The molecule has 2 heterocycles. The first-order chi connectivity index (χ1) is 9.41. The van der Waals surface area contributed by atoms with Crippen LogP contribution in [0.25, 0.3) is 10.2 Å². The number of thiophene rings is 1. The van der Waals surface area contributed by atoms with Crippen molar-refractivity contribution in [3.05, 3.63) is 10.6 Å². The third-order valence-corrected chi connectivity index (χ3v) is 4.44. The Morgan fingerprint density at radius 1 is 1.60 bits per heavy atom. The van der Waals surface area contributed by atoms with E-state index in [9.17, 15) is 4.79 Å². The lowest BCUT2D eigenvalue weighted by atomic mass is 10.2. The lowest BCUT2D eigenvalue weighted by Crippen LogP contribution is -2.25. The van der Waals surface area contributed by atoms with Gasteiger partial charge >= 0.3 is 0 Å². The Labute approximate surface area is 121 Å². The lowest BCUT2D eigenvalue weighted by molar-refractivity contribution is 0.0954. The first-order valence-corrected chi connectivity index (χ1v) is 7.41. The second kappa shape index (κ2) is 5.80. The van der Waals surface area contributed by atoms with Crippen LogP contribution in [0.4, 0.5) is 5.69 Å². The Morgan fingerprint density at radius 2 is 2.30 bits per heavy atom. The molecule has 0 saturated carbocycles. The third kappa shape index (κ3) is 2.78. The number of fused-ring (bicyclic) bond motifs is 1. The molecule has 7 heteroatoms. The van der Waals surface area contributed by atoms with Crippen molar-refractivity contribution >= 4 is 33.1 Å². The smallest absolute Gasteiger partial charge is 0.263 e. The van der Waals surface area contributed by atoms with E-state index in [-0.39, 0.29) is 12.0 Å². The molecule has 0 fully saturated rings. The highest BCUT2D eigenvalue weighted by Gasteiger charge is 2.20. The minimum atomic E-state index is -0.338. The average molecular weight is 296 g/mol. The zero-order chi connectivity index (χ0) is 14.9. The highest BCUT2D eigenvalue weighted by molar-refractivity contribution is 7.21. The second-order valence-corrected chi connectivity index (χ2v) is 5.98. The number of nitrogens with one attached hydrogen (secondary N) is 1. The summed E-state index contributed by atoms with van der Waals surface area (Å²) in [5.74, 6) is -0.159. The first kappa shape index (κ1) is 14.8. The fraction of sp³-hybridized carbons (Fsp3) is 0.538. The Bertz CT molecular complexity index is 630. The fourth-order valence-corrected chi connectivity index (χ4v) is 3.28. The van der Waals surface area contributed by atoms with Crippen molar-refractivity contribution in [3.63, 3.8) is 0 Å². The molecule has 4 N–H and O–H groups in total. The lowest BCUT2D eigenvalue weighted by Gasteiger charge is -2.06. The Kier molecular flexibility index (Phi) is 4.29. The molecule has 2 rings (SSSR count). The van der Waals surface area contributed by atoms with Gasteiger partial charge in [-0.2, -0.15) is 5.10 Å². The maximum atomic E-state index is 12.1. The molecule has 0 bridgehead atoms. The van der Waals surface area contributed by atoms with E-state index in [1.54, 1.807) is 11.6 Å². The summed E-state index contributed by atoms with van der Waals surface area (Å²) in [6.07, 6.45) is 1.08. The van der Waals surface area contributed by atoms with Crippen molar-refractivity contribution in [3.8, 4) is 0 Å². The van der Waals surface area contributed by atoms with Crippen LogP contribution in [-0.4, -0.2) is 33.4 Å². The van der Waals surface area contributed by atoms with Crippen LogP contribution in [0.1, 0.15) is 35.1 Å². The van der Waals surface area contributed by atoms with Gasteiger partial charge in [0.05, 0.1) is 22.9 Å². The molecule has 0 aromatic carbocycles. The number of amides is 1. The summed E-state index contributed by atoms with van der Waals surface area (Å²) >= 11 is 1.36. The van der Waals surface area contributed by atoms with Crippen molar-refractivity contribution in [1.29, 1.82) is 0 Å². The minimum absolute atomic E-state index is 0.159. The van der Waals surface area contributed by atoms with E-state index in [4.69, 9.17) is 10.8 Å². The van der Waals surface area contributed by atoms with Gasteiger partial charge in [-0.05, 0) is 26.7 Å².